The second-order valence-corrected chi connectivity index (χ2v) is 14.1. The summed E-state index contributed by atoms with van der Waals surface area (Å²) in [6, 6.07) is 9.67. The van der Waals surface area contributed by atoms with Gasteiger partial charge in [-0.2, -0.15) is 31.6 Å². The number of halogens is 6. The number of hydrogen-bond donors (Lipinski definition) is 1. The van der Waals surface area contributed by atoms with Gasteiger partial charge in [0.15, 0.2) is 10.9 Å². The molecule has 2 atom stereocenters. The van der Waals surface area contributed by atoms with Crippen LogP contribution in [-0.4, -0.2) is 78.5 Å². The van der Waals surface area contributed by atoms with Gasteiger partial charge in [0.2, 0.25) is 5.60 Å². The van der Waals surface area contributed by atoms with Gasteiger partial charge in [-0.1, -0.05) is 54.2 Å². The second kappa shape index (κ2) is 15.2. The Labute approximate surface area is 299 Å². The predicted octanol–water partition coefficient (Wildman–Crippen LogP) is 7.11. The Kier molecular flexibility index (Phi) is 10.9. The van der Waals surface area contributed by atoms with Crippen LogP contribution in [0.4, 0.5) is 26.3 Å². The number of benzene rings is 1. The number of piperidine rings is 2. The molecule has 278 valence electrons. The van der Waals surface area contributed by atoms with Crippen LogP contribution in [0.5, 0.6) is 5.06 Å². The molecule has 2 aliphatic rings. The van der Waals surface area contributed by atoms with Crippen molar-refractivity contribution in [2.45, 2.75) is 88.2 Å². The fourth-order valence-electron chi connectivity index (χ4n) is 7.43. The second-order valence-electron chi connectivity index (χ2n) is 13.0. The number of aryl methyl sites for hydroxylation is 2. The third-order valence-electron chi connectivity index (χ3n) is 9.83. The third-order valence-corrected chi connectivity index (χ3v) is 10.8. The van der Waals surface area contributed by atoms with E-state index in [1.807, 2.05) is 18.2 Å². The van der Waals surface area contributed by atoms with Crippen molar-refractivity contribution in [2.24, 2.45) is 0 Å². The highest BCUT2D eigenvalue weighted by Crippen LogP contribution is 2.44. The molecule has 10 nitrogen and oxygen atoms in total. The molecule has 0 radical (unpaired) electrons. The molecule has 0 aliphatic carbocycles. The Balaban J connectivity index is 1.30. The zero-order chi connectivity index (χ0) is 37.1. The SMILES string of the molecule is CCC[C@H]1N(C(=O)c2cnccc2C(F)(F)F)CCC[C@@]1(Oc1ccc(C(F)(F)F)s1)C(=O)N1CCC(c2ccccc2CCc2nn[nH]n2)CC1. The average molecular weight is 750 g/mol. The molecular weight excluding hydrogens is 712 g/mol. The monoisotopic (exact) mass is 749 g/mol. The number of H-pyrrole nitrogens is 1. The minimum atomic E-state index is -4.85. The minimum absolute atomic E-state index is 0.0229. The maximum absolute atomic E-state index is 14.9. The maximum atomic E-state index is 14.9. The van der Waals surface area contributed by atoms with E-state index in [-0.39, 0.29) is 36.8 Å². The molecule has 0 bridgehead atoms. The number of hydrogen-bond acceptors (Lipinski definition) is 8. The Bertz CT molecular complexity index is 1840. The third kappa shape index (κ3) is 7.78. The van der Waals surface area contributed by atoms with Crippen molar-refractivity contribution in [1.29, 1.82) is 0 Å². The van der Waals surface area contributed by atoms with Crippen LogP contribution in [0.3, 0.4) is 0 Å². The summed E-state index contributed by atoms with van der Waals surface area (Å²) in [5.74, 6) is -0.779. The van der Waals surface area contributed by atoms with E-state index in [9.17, 15) is 35.9 Å². The number of tetrazole rings is 1. The summed E-state index contributed by atoms with van der Waals surface area (Å²) in [4.78, 5) is 34.6. The van der Waals surface area contributed by atoms with E-state index in [4.69, 9.17) is 4.74 Å². The van der Waals surface area contributed by atoms with Gasteiger partial charge in [-0.05, 0) is 67.3 Å². The van der Waals surface area contributed by atoms with Gasteiger partial charge in [0.25, 0.3) is 11.8 Å². The molecule has 6 rings (SSSR count). The van der Waals surface area contributed by atoms with Gasteiger partial charge in [-0.15, -0.1) is 10.2 Å². The van der Waals surface area contributed by atoms with Gasteiger partial charge < -0.3 is 14.5 Å². The van der Waals surface area contributed by atoms with E-state index in [1.54, 1.807) is 11.8 Å². The number of carbonyl (C=O) groups is 2. The first-order valence-corrected chi connectivity index (χ1v) is 17.9. The molecule has 1 aromatic carbocycles. The van der Waals surface area contributed by atoms with Crippen LogP contribution in [-0.2, 0) is 30.0 Å². The molecule has 0 spiro atoms. The van der Waals surface area contributed by atoms with E-state index in [2.05, 4.69) is 31.7 Å². The number of nitrogens with zero attached hydrogens (tertiary/aromatic N) is 6. The largest absolute Gasteiger partial charge is 0.466 e. The number of rotatable bonds is 10. The number of nitrogens with one attached hydrogen (secondary N) is 1. The van der Waals surface area contributed by atoms with Crippen LogP contribution in [0.1, 0.15) is 89.1 Å². The molecule has 2 fully saturated rings. The van der Waals surface area contributed by atoms with Crippen LogP contribution in [0.15, 0.2) is 54.9 Å². The molecule has 0 saturated carbocycles. The standard InChI is InChI=1S/C35H37F6N7O3S/c1-2-6-27-33(51-30-12-10-28(52-30)35(39,40)41,16-5-18-48(27)31(49)25-21-42-17-13-26(25)34(36,37)38)32(50)47-19-14-23(15-20-47)24-8-4-3-7-22(24)9-11-29-43-45-46-44-29/h3-4,7-8,10,12-13,17,21,23,27H,2,5-6,9,11,14-16,18-20H2,1H3,(H,43,44,45,46)/t27-,33+/m1/s1. The molecule has 1 N–H and O–H groups in total. The molecule has 52 heavy (non-hydrogen) atoms. The summed E-state index contributed by atoms with van der Waals surface area (Å²) < 4.78 is 89.5. The molecular formula is C35H37F6N7O3S. The molecule has 2 saturated heterocycles. The van der Waals surface area contributed by atoms with Gasteiger partial charge in [-0.25, -0.2) is 0 Å². The number of aromatic nitrogens is 5. The highest BCUT2D eigenvalue weighted by molar-refractivity contribution is 7.13. The first-order valence-electron chi connectivity index (χ1n) is 17.1. The zero-order valence-corrected chi connectivity index (χ0v) is 29.0. The Morgan fingerprint density at radius 1 is 1.00 bits per heavy atom. The quantitative estimate of drug-likeness (QED) is 0.172. The van der Waals surface area contributed by atoms with Gasteiger partial charge >= 0.3 is 12.4 Å². The van der Waals surface area contributed by atoms with Crippen molar-refractivity contribution < 1.29 is 40.7 Å². The molecule has 4 aromatic rings. The highest BCUT2D eigenvalue weighted by Gasteiger charge is 2.56. The number of thiophene rings is 1. The normalized spacial score (nSPS) is 20.2. The van der Waals surface area contributed by atoms with E-state index in [0.29, 0.717) is 62.4 Å². The van der Waals surface area contributed by atoms with Crippen molar-refractivity contribution >= 4 is 23.2 Å². The first kappa shape index (κ1) is 37.2. The lowest BCUT2D eigenvalue weighted by atomic mass is 9.79. The summed E-state index contributed by atoms with van der Waals surface area (Å²) >= 11 is 0.336. The summed E-state index contributed by atoms with van der Waals surface area (Å²) in [6.07, 6.45) is -4.48. The summed E-state index contributed by atoms with van der Waals surface area (Å²) in [5, 5.41) is 14.0. The van der Waals surface area contributed by atoms with E-state index < -0.39 is 51.8 Å². The van der Waals surface area contributed by atoms with Crippen LogP contribution < -0.4 is 4.74 Å². The summed E-state index contributed by atoms with van der Waals surface area (Å²) in [5.41, 5.74) is -1.44. The van der Waals surface area contributed by atoms with E-state index >= 15 is 0 Å². The number of carbonyl (C=O) groups excluding carboxylic acids is 2. The van der Waals surface area contributed by atoms with Crippen LogP contribution in [0.2, 0.25) is 0 Å². The summed E-state index contributed by atoms with van der Waals surface area (Å²) in [7, 11) is 0. The smallest absolute Gasteiger partial charge is 0.425 e. The van der Waals surface area contributed by atoms with Crippen molar-refractivity contribution in [3.8, 4) is 5.06 Å². The molecule has 2 amide bonds. The van der Waals surface area contributed by atoms with Crippen LogP contribution in [0.25, 0.3) is 0 Å². The highest BCUT2D eigenvalue weighted by atomic mass is 32.1. The van der Waals surface area contributed by atoms with E-state index in [1.165, 1.54) is 4.90 Å². The minimum Gasteiger partial charge on any atom is -0.466 e. The maximum Gasteiger partial charge on any atom is 0.425 e. The lowest BCUT2D eigenvalue weighted by molar-refractivity contribution is -0.160. The van der Waals surface area contributed by atoms with Gasteiger partial charge in [0, 0.05) is 44.9 Å². The topological polar surface area (TPSA) is 117 Å². The average Bonchev–Trinajstić information content (AvgIpc) is 3.84. The van der Waals surface area contributed by atoms with Gasteiger partial charge in [-0.3, -0.25) is 14.6 Å². The van der Waals surface area contributed by atoms with Crippen molar-refractivity contribution in [1.82, 2.24) is 35.4 Å². The van der Waals surface area contributed by atoms with Crippen molar-refractivity contribution in [3.63, 3.8) is 0 Å². The van der Waals surface area contributed by atoms with Gasteiger partial charge in [0.1, 0.15) is 4.88 Å². The lowest BCUT2D eigenvalue weighted by Crippen LogP contribution is -2.68. The van der Waals surface area contributed by atoms with Crippen molar-refractivity contribution in [3.05, 3.63) is 87.8 Å². The number of ether oxygens (including phenoxy) is 1. The number of amides is 2. The molecule has 5 heterocycles. The van der Waals surface area contributed by atoms with E-state index in [0.717, 1.165) is 41.7 Å². The molecule has 3 aromatic heterocycles. The predicted molar refractivity (Wildman–Crippen MR) is 177 cm³/mol. The lowest BCUT2D eigenvalue weighted by Gasteiger charge is -2.50. The molecule has 2 aliphatic heterocycles. The molecule has 17 heteroatoms. The number of pyridine rings is 1. The van der Waals surface area contributed by atoms with Crippen LogP contribution in [0, 0.1) is 0 Å². The molecule has 0 unspecified atom stereocenters. The summed E-state index contributed by atoms with van der Waals surface area (Å²) in [6.45, 7) is 2.43. The number of aromatic amines is 1. The van der Waals surface area contributed by atoms with Crippen LogP contribution >= 0.6 is 11.3 Å². The Hall–Kier alpha value is -4.54. The Morgan fingerprint density at radius 2 is 1.77 bits per heavy atom. The zero-order valence-electron chi connectivity index (χ0n) is 28.2. The Morgan fingerprint density at radius 3 is 2.44 bits per heavy atom. The fourth-order valence-corrected chi connectivity index (χ4v) is 8.23. The number of alkyl halides is 6. The van der Waals surface area contributed by atoms with Crippen molar-refractivity contribution in [2.75, 3.05) is 19.6 Å². The number of likely N-dealkylation sites (tertiary alicyclic amines) is 2. The first-order chi connectivity index (χ1) is 24.8. The van der Waals surface area contributed by atoms with Gasteiger partial charge in [0.05, 0.1) is 17.2 Å². The fraction of sp³-hybridized carbons (Fsp3) is 0.486.